The van der Waals surface area contributed by atoms with Crippen molar-refractivity contribution < 1.29 is 9.59 Å². The van der Waals surface area contributed by atoms with E-state index in [4.69, 9.17) is 0 Å². The zero-order valence-corrected chi connectivity index (χ0v) is 15.5. The van der Waals surface area contributed by atoms with Crippen LogP contribution in [0.15, 0.2) is 47.1 Å². The van der Waals surface area contributed by atoms with Crippen molar-refractivity contribution in [1.29, 1.82) is 0 Å². The molecule has 1 aliphatic rings. The first-order valence-electron chi connectivity index (χ1n) is 8.72. The molecule has 1 heterocycles. The fourth-order valence-corrected chi connectivity index (χ4v) is 2.78. The number of urea groups is 1. The third-order valence-corrected chi connectivity index (χ3v) is 4.44. The van der Waals surface area contributed by atoms with Gasteiger partial charge in [0.05, 0.1) is 0 Å². The maximum atomic E-state index is 12.7. The van der Waals surface area contributed by atoms with Crippen molar-refractivity contribution in [3.63, 3.8) is 0 Å². The Labute approximate surface area is 149 Å². The van der Waals surface area contributed by atoms with Gasteiger partial charge in [-0.05, 0) is 51.5 Å². The number of imide groups is 1. The van der Waals surface area contributed by atoms with Gasteiger partial charge in [-0.15, -0.1) is 5.01 Å². The van der Waals surface area contributed by atoms with E-state index in [0.717, 1.165) is 29.8 Å². The van der Waals surface area contributed by atoms with Gasteiger partial charge in [-0.3, -0.25) is 4.79 Å². The Bertz CT molecular complexity index is 677. The van der Waals surface area contributed by atoms with Crippen LogP contribution in [0.3, 0.4) is 0 Å². The second kappa shape index (κ2) is 8.10. The van der Waals surface area contributed by atoms with Crippen LogP contribution in [0, 0.1) is 5.92 Å². The molecule has 1 aromatic carbocycles. The van der Waals surface area contributed by atoms with Crippen LogP contribution in [0.1, 0.15) is 52.5 Å². The highest BCUT2D eigenvalue weighted by atomic mass is 16.2. The highest BCUT2D eigenvalue weighted by molar-refractivity contribution is 6.07. The molecule has 1 aromatic rings. The zero-order chi connectivity index (χ0) is 18.4. The number of allylic oxidation sites excluding steroid dienone is 2. The Morgan fingerprint density at radius 3 is 2.60 bits per heavy atom. The average Bonchev–Trinajstić information content (AvgIpc) is 2.79. The van der Waals surface area contributed by atoms with Gasteiger partial charge in [-0.1, -0.05) is 48.9 Å². The predicted molar refractivity (Wildman–Crippen MR) is 100 cm³/mol. The number of hydrogen-bond acceptors (Lipinski definition) is 3. The van der Waals surface area contributed by atoms with Gasteiger partial charge < -0.3 is 5.32 Å². The summed E-state index contributed by atoms with van der Waals surface area (Å²) in [4.78, 5) is 24.9. The topological polar surface area (TPSA) is 61.8 Å². The van der Waals surface area contributed by atoms with E-state index < -0.39 is 11.6 Å². The normalized spacial score (nSPS) is 21.5. The van der Waals surface area contributed by atoms with Crippen LogP contribution >= 0.6 is 0 Å². The van der Waals surface area contributed by atoms with Gasteiger partial charge in [0, 0.05) is 6.21 Å². The van der Waals surface area contributed by atoms with Crippen LogP contribution in [0.4, 0.5) is 4.79 Å². The minimum Gasteiger partial charge on any atom is -0.318 e. The van der Waals surface area contributed by atoms with E-state index in [-0.39, 0.29) is 5.91 Å². The lowest BCUT2D eigenvalue weighted by atomic mass is 9.92. The van der Waals surface area contributed by atoms with E-state index in [0.29, 0.717) is 5.92 Å². The van der Waals surface area contributed by atoms with Gasteiger partial charge in [-0.25, -0.2) is 4.79 Å². The van der Waals surface area contributed by atoms with Gasteiger partial charge >= 0.3 is 6.03 Å². The van der Waals surface area contributed by atoms with Crippen LogP contribution in [-0.2, 0) is 10.3 Å². The van der Waals surface area contributed by atoms with Crippen molar-refractivity contribution >= 4 is 18.2 Å². The van der Waals surface area contributed by atoms with Crippen molar-refractivity contribution in [2.75, 3.05) is 0 Å². The van der Waals surface area contributed by atoms with Crippen molar-refractivity contribution in [1.82, 2.24) is 10.3 Å². The fraction of sp³-hybridized carbons (Fsp3) is 0.450. The molecule has 0 radical (unpaired) electrons. The lowest BCUT2D eigenvalue weighted by Gasteiger charge is -2.20. The summed E-state index contributed by atoms with van der Waals surface area (Å²) in [6.07, 6.45) is 6.71. The molecule has 1 saturated heterocycles. The quantitative estimate of drug-likeness (QED) is 0.459. The number of carbonyl (C=O) groups is 2. The Morgan fingerprint density at radius 2 is 1.96 bits per heavy atom. The van der Waals surface area contributed by atoms with Crippen LogP contribution < -0.4 is 5.32 Å². The molecule has 2 atom stereocenters. The highest BCUT2D eigenvalue weighted by Gasteiger charge is 2.49. The molecule has 0 unspecified atom stereocenters. The molecule has 0 aliphatic carbocycles. The Kier molecular flexibility index (Phi) is 6.12. The molecule has 0 bridgehead atoms. The summed E-state index contributed by atoms with van der Waals surface area (Å²) in [7, 11) is 0. The Balaban J connectivity index is 1.98. The number of nitrogens with zero attached hydrogens (tertiary/aromatic N) is 2. The molecule has 0 saturated carbocycles. The zero-order valence-electron chi connectivity index (χ0n) is 15.5. The van der Waals surface area contributed by atoms with Crippen molar-refractivity contribution in [2.24, 2.45) is 11.0 Å². The molecular formula is C20H27N3O2. The summed E-state index contributed by atoms with van der Waals surface area (Å²) in [6.45, 7) is 8.03. The molecular weight excluding hydrogens is 314 g/mol. The summed E-state index contributed by atoms with van der Waals surface area (Å²) in [6, 6.07) is 8.75. The first-order valence-corrected chi connectivity index (χ1v) is 8.72. The molecule has 0 aromatic heterocycles. The number of benzene rings is 1. The average molecular weight is 341 g/mol. The molecule has 134 valence electrons. The van der Waals surface area contributed by atoms with E-state index in [9.17, 15) is 9.59 Å². The van der Waals surface area contributed by atoms with Gasteiger partial charge in [-0.2, -0.15) is 5.10 Å². The van der Waals surface area contributed by atoms with Crippen LogP contribution in [-0.4, -0.2) is 23.2 Å². The Morgan fingerprint density at radius 1 is 1.28 bits per heavy atom. The minimum absolute atomic E-state index is 0.350. The van der Waals surface area contributed by atoms with E-state index in [1.807, 2.05) is 30.3 Å². The second-order valence-corrected chi connectivity index (χ2v) is 7.04. The number of amides is 3. The van der Waals surface area contributed by atoms with Gasteiger partial charge in [0.25, 0.3) is 5.91 Å². The van der Waals surface area contributed by atoms with E-state index in [2.05, 4.69) is 37.3 Å². The van der Waals surface area contributed by atoms with Crippen LogP contribution in [0.2, 0.25) is 0 Å². The SMILES string of the molecule is CC(C)=CCC[C@H](C)C/C=N\N1C(=O)N[C@](C)(c2ccccc2)C1=O. The molecule has 0 spiro atoms. The standard InChI is InChI=1S/C20H27N3O2/c1-15(2)9-8-10-16(3)13-14-21-23-18(24)20(4,22-19(23)25)17-11-6-5-7-12-17/h5-7,9,11-12,14,16H,8,10,13H2,1-4H3,(H,22,25)/b21-14-/t16-,20+/m0/s1. The predicted octanol–water partition coefficient (Wildman–Crippen LogP) is 4.21. The lowest BCUT2D eigenvalue weighted by molar-refractivity contribution is -0.131. The first-order chi connectivity index (χ1) is 11.8. The number of hydrogen-bond donors (Lipinski definition) is 1. The number of carbonyl (C=O) groups excluding carboxylic acids is 2. The molecule has 2 rings (SSSR count). The van der Waals surface area contributed by atoms with Crippen molar-refractivity contribution in [3.8, 4) is 0 Å². The number of hydrazone groups is 1. The highest BCUT2D eigenvalue weighted by Crippen LogP contribution is 2.28. The smallest absolute Gasteiger partial charge is 0.318 e. The van der Waals surface area contributed by atoms with Crippen molar-refractivity contribution in [2.45, 2.75) is 52.5 Å². The first kappa shape index (κ1) is 18.9. The van der Waals surface area contributed by atoms with Crippen LogP contribution in [0.25, 0.3) is 0 Å². The molecule has 25 heavy (non-hydrogen) atoms. The lowest BCUT2D eigenvalue weighted by Crippen LogP contribution is -2.40. The van der Waals surface area contributed by atoms with E-state index >= 15 is 0 Å². The largest absolute Gasteiger partial charge is 0.346 e. The van der Waals surface area contributed by atoms with Crippen LogP contribution in [0.5, 0.6) is 0 Å². The summed E-state index contributed by atoms with van der Waals surface area (Å²) in [5.74, 6) is 0.0952. The van der Waals surface area contributed by atoms with E-state index in [1.54, 1.807) is 13.1 Å². The summed E-state index contributed by atoms with van der Waals surface area (Å²) >= 11 is 0. The molecule has 1 fully saturated rings. The second-order valence-electron chi connectivity index (χ2n) is 7.04. The van der Waals surface area contributed by atoms with Gasteiger partial charge in [0.15, 0.2) is 0 Å². The summed E-state index contributed by atoms with van der Waals surface area (Å²) in [5, 5.41) is 7.81. The molecule has 5 nitrogen and oxygen atoms in total. The maximum absolute atomic E-state index is 12.7. The molecule has 3 amide bonds. The number of rotatable bonds is 7. The molecule has 5 heteroatoms. The molecule has 1 N–H and O–H groups in total. The third kappa shape index (κ3) is 4.56. The fourth-order valence-electron chi connectivity index (χ4n) is 2.78. The monoisotopic (exact) mass is 341 g/mol. The van der Waals surface area contributed by atoms with Gasteiger partial charge in [0.2, 0.25) is 0 Å². The Hall–Kier alpha value is -2.43. The summed E-state index contributed by atoms with van der Waals surface area (Å²) in [5.41, 5.74) is 1.01. The summed E-state index contributed by atoms with van der Waals surface area (Å²) < 4.78 is 0. The minimum atomic E-state index is -1.06. The van der Waals surface area contributed by atoms with Crippen molar-refractivity contribution in [3.05, 3.63) is 47.5 Å². The maximum Gasteiger partial charge on any atom is 0.346 e. The molecule has 1 aliphatic heterocycles. The van der Waals surface area contributed by atoms with Gasteiger partial charge in [0.1, 0.15) is 5.54 Å². The third-order valence-electron chi connectivity index (χ3n) is 4.44. The number of nitrogens with one attached hydrogen (secondary N) is 1. The van der Waals surface area contributed by atoms with E-state index in [1.165, 1.54) is 5.57 Å².